The number of fused-ring (bicyclic) bond motifs is 1. The van der Waals surface area contributed by atoms with Crippen LogP contribution in [0.2, 0.25) is 0 Å². The predicted molar refractivity (Wildman–Crippen MR) is 53.5 cm³/mol. The van der Waals surface area contributed by atoms with E-state index in [0.29, 0.717) is 24.4 Å². The van der Waals surface area contributed by atoms with E-state index in [4.69, 9.17) is 9.84 Å². The Morgan fingerprint density at radius 2 is 2.40 bits per heavy atom. The fourth-order valence-electron chi connectivity index (χ4n) is 1.55. The molecule has 0 saturated carbocycles. The Hall–Kier alpha value is -1.62. The summed E-state index contributed by atoms with van der Waals surface area (Å²) in [6.45, 7) is 1.54. The molecule has 1 aromatic heterocycles. The molecule has 5 heteroatoms. The molecular formula is C10H12N2O3. The molecule has 1 unspecified atom stereocenters. The number of carbonyl (C=O) groups is 1. The summed E-state index contributed by atoms with van der Waals surface area (Å²) in [7, 11) is 0. The minimum atomic E-state index is -0.867. The number of aromatic nitrogens is 1. The summed E-state index contributed by atoms with van der Waals surface area (Å²) >= 11 is 0. The lowest BCUT2D eigenvalue weighted by Gasteiger charge is -2.19. The van der Waals surface area contributed by atoms with E-state index < -0.39 is 6.29 Å². The van der Waals surface area contributed by atoms with Crippen LogP contribution in [0.15, 0.2) is 12.3 Å². The minimum absolute atomic E-state index is 0.0378. The van der Waals surface area contributed by atoms with Crippen LogP contribution in [0.1, 0.15) is 18.9 Å². The molecule has 5 nitrogen and oxygen atoms in total. The van der Waals surface area contributed by atoms with Crippen molar-refractivity contribution in [3.8, 4) is 5.75 Å². The molecule has 1 atom stereocenters. The molecule has 0 aromatic carbocycles. The molecule has 0 aliphatic carbocycles. The summed E-state index contributed by atoms with van der Waals surface area (Å²) in [6.07, 6.45) is 1.70. The van der Waals surface area contributed by atoms with Gasteiger partial charge >= 0.3 is 0 Å². The van der Waals surface area contributed by atoms with E-state index in [-0.39, 0.29) is 5.91 Å². The average Bonchev–Trinajstić information content (AvgIpc) is 2.16. The molecule has 1 aliphatic rings. The maximum Gasteiger partial charge on any atom is 0.225 e. The zero-order valence-electron chi connectivity index (χ0n) is 8.36. The van der Waals surface area contributed by atoms with Gasteiger partial charge in [-0.1, -0.05) is 0 Å². The van der Waals surface area contributed by atoms with Crippen molar-refractivity contribution in [1.82, 2.24) is 4.98 Å². The van der Waals surface area contributed by atoms with Crippen molar-refractivity contribution < 1.29 is 14.6 Å². The van der Waals surface area contributed by atoms with Gasteiger partial charge in [-0.25, -0.2) is 4.98 Å². The third-order valence-corrected chi connectivity index (χ3v) is 2.17. The maximum absolute atomic E-state index is 11.1. The number of hydrogen-bond acceptors (Lipinski definition) is 4. The van der Waals surface area contributed by atoms with Gasteiger partial charge in [0.25, 0.3) is 0 Å². The molecule has 0 fully saturated rings. The first kappa shape index (κ1) is 9.92. The van der Waals surface area contributed by atoms with Crippen molar-refractivity contribution >= 4 is 11.7 Å². The van der Waals surface area contributed by atoms with Crippen LogP contribution in [-0.2, 0) is 11.2 Å². The SMILES string of the molecule is CC(O)Oc1ccnc2c1CCC(=O)N2. The topological polar surface area (TPSA) is 71.5 Å². The summed E-state index contributed by atoms with van der Waals surface area (Å²) in [6, 6.07) is 1.68. The molecule has 1 aromatic rings. The molecule has 1 amide bonds. The predicted octanol–water partition coefficient (Wildman–Crippen LogP) is 0.683. The van der Waals surface area contributed by atoms with Gasteiger partial charge < -0.3 is 15.2 Å². The highest BCUT2D eigenvalue weighted by Crippen LogP contribution is 2.29. The Bertz CT molecular complexity index is 390. The van der Waals surface area contributed by atoms with Gasteiger partial charge in [0.05, 0.1) is 0 Å². The van der Waals surface area contributed by atoms with E-state index in [9.17, 15) is 4.79 Å². The van der Waals surface area contributed by atoms with Crippen LogP contribution < -0.4 is 10.1 Å². The van der Waals surface area contributed by atoms with E-state index in [1.165, 1.54) is 6.92 Å². The Labute approximate surface area is 87.1 Å². The summed E-state index contributed by atoms with van der Waals surface area (Å²) in [5.74, 6) is 1.07. The van der Waals surface area contributed by atoms with Crippen LogP contribution >= 0.6 is 0 Å². The van der Waals surface area contributed by atoms with Gasteiger partial charge in [0.2, 0.25) is 5.91 Å². The number of aliphatic hydroxyl groups excluding tert-OH is 1. The van der Waals surface area contributed by atoms with Crippen molar-refractivity contribution in [1.29, 1.82) is 0 Å². The molecule has 2 N–H and O–H groups in total. The van der Waals surface area contributed by atoms with Crippen molar-refractivity contribution in [3.05, 3.63) is 17.8 Å². The van der Waals surface area contributed by atoms with E-state index in [1.807, 2.05) is 0 Å². The lowest BCUT2D eigenvalue weighted by molar-refractivity contribution is -0.116. The Morgan fingerprint density at radius 3 is 3.13 bits per heavy atom. The van der Waals surface area contributed by atoms with Gasteiger partial charge in [-0.05, 0) is 19.4 Å². The van der Waals surface area contributed by atoms with Crippen LogP contribution in [0.3, 0.4) is 0 Å². The Kier molecular flexibility index (Phi) is 2.55. The standard InChI is InChI=1S/C10H12N2O3/c1-6(13)15-8-4-5-11-10-7(8)2-3-9(14)12-10/h4-6,13H,2-3H2,1H3,(H,11,12,14). The largest absolute Gasteiger partial charge is 0.465 e. The fourth-order valence-corrected chi connectivity index (χ4v) is 1.55. The number of ether oxygens (including phenoxy) is 1. The Balaban J connectivity index is 2.33. The zero-order valence-corrected chi connectivity index (χ0v) is 8.36. The van der Waals surface area contributed by atoms with E-state index in [2.05, 4.69) is 10.3 Å². The lowest BCUT2D eigenvalue weighted by atomic mass is 10.1. The molecule has 2 heterocycles. The summed E-state index contributed by atoms with van der Waals surface area (Å²) in [5, 5.41) is 11.8. The second-order valence-corrected chi connectivity index (χ2v) is 3.40. The zero-order chi connectivity index (χ0) is 10.8. The first-order valence-corrected chi connectivity index (χ1v) is 4.79. The first-order chi connectivity index (χ1) is 7.16. The Morgan fingerprint density at radius 1 is 1.60 bits per heavy atom. The number of pyridine rings is 1. The number of carbonyl (C=O) groups excluding carboxylic acids is 1. The van der Waals surface area contributed by atoms with E-state index in [0.717, 1.165) is 5.56 Å². The highest BCUT2D eigenvalue weighted by atomic mass is 16.6. The molecule has 80 valence electrons. The smallest absolute Gasteiger partial charge is 0.225 e. The molecule has 2 rings (SSSR count). The number of nitrogens with zero attached hydrogens (tertiary/aromatic N) is 1. The lowest BCUT2D eigenvalue weighted by Crippen LogP contribution is -2.21. The van der Waals surface area contributed by atoms with Crippen molar-refractivity contribution in [2.24, 2.45) is 0 Å². The molecule has 15 heavy (non-hydrogen) atoms. The number of amides is 1. The molecule has 0 radical (unpaired) electrons. The number of nitrogens with one attached hydrogen (secondary N) is 1. The van der Waals surface area contributed by atoms with Gasteiger partial charge in [0.1, 0.15) is 11.6 Å². The first-order valence-electron chi connectivity index (χ1n) is 4.79. The number of rotatable bonds is 2. The van der Waals surface area contributed by atoms with Gasteiger partial charge in [-0.3, -0.25) is 4.79 Å². The number of anilines is 1. The van der Waals surface area contributed by atoms with Crippen LogP contribution in [0.4, 0.5) is 5.82 Å². The van der Waals surface area contributed by atoms with Gasteiger partial charge in [-0.2, -0.15) is 0 Å². The van der Waals surface area contributed by atoms with Crippen LogP contribution in [0, 0.1) is 0 Å². The third kappa shape index (κ3) is 2.07. The second-order valence-electron chi connectivity index (χ2n) is 3.40. The summed E-state index contributed by atoms with van der Waals surface area (Å²) in [4.78, 5) is 15.2. The van der Waals surface area contributed by atoms with Crippen LogP contribution in [0.25, 0.3) is 0 Å². The van der Waals surface area contributed by atoms with Gasteiger partial charge in [-0.15, -0.1) is 0 Å². The van der Waals surface area contributed by atoms with Gasteiger partial charge in [0, 0.05) is 18.2 Å². The number of aliphatic hydroxyl groups is 1. The monoisotopic (exact) mass is 208 g/mol. The molecular weight excluding hydrogens is 196 g/mol. The molecule has 0 bridgehead atoms. The highest BCUT2D eigenvalue weighted by Gasteiger charge is 2.20. The van der Waals surface area contributed by atoms with E-state index >= 15 is 0 Å². The molecule has 0 spiro atoms. The van der Waals surface area contributed by atoms with Crippen molar-refractivity contribution in [3.63, 3.8) is 0 Å². The van der Waals surface area contributed by atoms with Crippen LogP contribution in [-0.4, -0.2) is 22.3 Å². The fraction of sp³-hybridized carbons (Fsp3) is 0.400. The van der Waals surface area contributed by atoms with Gasteiger partial charge in [0.15, 0.2) is 6.29 Å². The average molecular weight is 208 g/mol. The molecule has 1 aliphatic heterocycles. The number of hydrogen-bond donors (Lipinski definition) is 2. The third-order valence-electron chi connectivity index (χ3n) is 2.17. The normalized spacial score (nSPS) is 16.5. The minimum Gasteiger partial charge on any atom is -0.465 e. The van der Waals surface area contributed by atoms with E-state index in [1.54, 1.807) is 12.3 Å². The van der Waals surface area contributed by atoms with Crippen LogP contribution in [0.5, 0.6) is 5.75 Å². The summed E-state index contributed by atoms with van der Waals surface area (Å²) < 4.78 is 5.21. The maximum atomic E-state index is 11.1. The van der Waals surface area contributed by atoms with Crippen molar-refractivity contribution in [2.75, 3.05) is 5.32 Å². The second kappa shape index (κ2) is 3.86. The quantitative estimate of drug-likeness (QED) is 0.701. The highest BCUT2D eigenvalue weighted by molar-refractivity contribution is 5.93. The summed E-state index contributed by atoms with van der Waals surface area (Å²) in [5.41, 5.74) is 0.845. The molecule has 0 saturated heterocycles. The van der Waals surface area contributed by atoms with Crippen molar-refractivity contribution in [2.45, 2.75) is 26.1 Å².